The lowest BCUT2D eigenvalue weighted by Crippen LogP contribution is -2.20. The van der Waals surface area contributed by atoms with E-state index < -0.39 is 0 Å². The zero-order valence-corrected chi connectivity index (χ0v) is 12.3. The van der Waals surface area contributed by atoms with Gasteiger partial charge in [0, 0.05) is 4.70 Å². The minimum atomic E-state index is -0.269. The van der Waals surface area contributed by atoms with E-state index >= 15 is 0 Å². The molecule has 0 spiro atoms. The highest BCUT2D eigenvalue weighted by Crippen LogP contribution is 2.41. The number of aliphatic hydroxyl groups is 1. The lowest BCUT2D eigenvalue weighted by Gasteiger charge is -2.31. The van der Waals surface area contributed by atoms with Crippen LogP contribution in [0.3, 0.4) is 0 Å². The predicted molar refractivity (Wildman–Crippen MR) is 82.5 cm³/mol. The predicted octanol–water partition coefficient (Wildman–Crippen LogP) is 5.15. The number of benzene rings is 1. The molecule has 1 atom stereocenters. The fourth-order valence-electron chi connectivity index (χ4n) is 3.39. The standard InChI is InChI=1S/C17H22OS/c1-2-12-7-9-13(10-8-12)17(18)15-11-19-16-6-4-3-5-14(15)16/h3-6,11-13,17-18H,2,7-10H2,1H3. The van der Waals surface area contributed by atoms with E-state index in [4.69, 9.17) is 0 Å². The number of aliphatic hydroxyl groups excluding tert-OH is 1. The van der Waals surface area contributed by atoms with Crippen LogP contribution in [0.2, 0.25) is 0 Å². The quantitative estimate of drug-likeness (QED) is 0.820. The summed E-state index contributed by atoms with van der Waals surface area (Å²) in [6, 6.07) is 8.42. The van der Waals surface area contributed by atoms with Gasteiger partial charge in [-0.1, -0.05) is 44.4 Å². The summed E-state index contributed by atoms with van der Waals surface area (Å²) in [6.45, 7) is 2.29. The Kier molecular flexibility index (Phi) is 3.90. The van der Waals surface area contributed by atoms with Crippen LogP contribution in [0.1, 0.15) is 50.7 Å². The fraction of sp³-hybridized carbons (Fsp3) is 0.529. The van der Waals surface area contributed by atoms with Crippen molar-refractivity contribution in [1.82, 2.24) is 0 Å². The first-order valence-electron chi connectivity index (χ1n) is 7.43. The highest BCUT2D eigenvalue weighted by atomic mass is 32.1. The van der Waals surface area contributed by atoms with E-state index in [0.717, 1.165) is 11.5 Å². The Morgan fingerprint density at radius 3 is 2.68 bits per heavy atom. The van der Waals surface area contributed by atoms with Gasteiger partial charge in [0.1, 0.15) is 0 Å². The van der Waals surface area contributed by atoms with Crippen molar-refractivity contribution < 1.29 is 5.11 Å². The monoisotopic (exact) mass is 274 g/mol. The van der Waals surface area contributed by atoms with E-state index in [9.17, 15) is 5.11 Å². The Morgan fingerprint density at radius 2 is 1.95 bits per heavy atom. The molecule has 0 saturated heterocycles. The molecule has 1 nitrogen and oxygen atoms in total. The van der Waals surface area contributed by atoms with E-state index in [-0.39, 0.29) is 6.10 Å². The summed E-state index contributed by atoms with van der Waals surface area (Å²) < 4.78 is 1.29. The van der Waals surface area contributed by atoms with Gasteiger partial charge in [0.05, 0.1) is 6.10 Å². The molecule has 0 radical (unpaired) electrons. The summed E-state index contributed by atoms with van der Waals surface area (Å²) in [7, 11) is 0. The minimum absolute atomic E-state index is 0.269. The summed E-state index contributed by atoms with van der Waals surface area (Å²) in [5.74, 6) is 1.35. The molecule has 1 aliphatic rings. The highest BCUT2D eigenvalue weighted by Gasteiger charge is 2.27. The van der Waals surface area contributed by atoms with Crippen LogP contribution in [-0.4, -0.2) is 5.11 Å². The first kappa shape index (κ1) is 13.1. The third kappa shape index (κ3) is 2.56. The second kappa shape index (κ2) is 5.64. The van der Waals surface area contributed by atoms with Gasteiger partial charge in [0.25, 0.3) is 0 Å². The topological polar surface area (TPSA) is 20.2 Å². The number of rotatable bonds is 3. The summed E-state index contributed by atoms with van der Waals surface area (Å²) >= 11 is 1.75. The molecule has 1 fully saturated rings. The normalized spacial score (nSPS) is 25.6. The van der Waals surface area contributed by atoms with Crippen LogP contribution in [0.15, 0.2) is 29.6 Å². The van der Waals surface area contributed by atoms with Crippen LogP contribution in [0.4, 0.5) is 0 Å². The Bertz CT molecular complexity index is 537. The molecule has 0 bridgehead atoms. The smallest absolute Gasteiger partial charge is 0.0832 e. The maximum absolute atomic E-state index is 10.7. The molecule has 2 aromatic rings. The number of hydrogen-bond acceptors (Lipinski definition) is 2. The number of thiophene rings is 1. The van der Waals surface area contributed by atoms with Gasteiger partial charge in [-0.3, -0.25) is 0 Å². The third-order valence-corrected chi connectivity index (χ3v) is 5.73. The SMILES string of the molecule is CCC1CCC(C(O)c2csc3ccccc23)CC1. The van der Waals surface area contributed by atoms with Gasteiger partial charge in [-0.2, -0.15) is 0 Å². The molecule has 19 heavy (non-hydrogen) atoms. The van der Waals surface area contributed by atoms with Crippen molar-refractivity contribution in [1.29, 1.82) is 0 Å². The summed E-state index contributed by atoms with van der Waals surface area (Å²) in [5.41, 5.74) is 1.15. The van der Waals surface area contributed by atoms with Gasteiger partial charge < -0.3 is 5.11 Å². The second-order valence-corrected chi connectivity index (χ2v) is 6.73. The average Bonchev–Trinajstić information content (AvgIpc) is 2.90. The van der Waals surface area contributed by atoms with Crippen molar-refractivity contribution in [3.63, 3.8) is 0 Å². The van der Waals surface area contributed by atoms with E-state index in [1.54, 1.807) is 11.3 Å². The van der Waals surface area contributed by atoms with Crippen molar-refractivity contribution in [2.45, 2.75) is 45.1 Å². The second-order valence-electron chi connectivity index (χ2n) is 5.82. The first-order chi connectivity index (χ1) is 9.29. The molecule has 3 rings (SSSR count). The molecule has 102 valence electrons. The van der Waals surface area contributed by atoms with Crippen molar-refractivity contribution in [3.05, 3.63) is 35.2 Å². The Balaban J connectivity index is 1.79. The molecule has 1 saturated carbocycles. The van der Waals surface area contributed by atoms with Crippen LogP contribution in [-0.2, 0) is 0 Å². The van der Waals surface area contributed by atoms with Gasteiger partial charge >= 0.3 is 0 Å². The maximum Gasteiger partial charge on any atom is 0.0832 e. The van der Waals surface area contributed by atoms with E-state index in [2.05, 4.69) is 36.6 Å². The lowest BCUT2D eigenvalue weighted by atomic mass is 9.77. The molecule has 1 unspecified atom stereocenters. The zero-order valence-electron chi connectivity index (χ0n) is 11.5. The van der Waals surface area contributed by atoms with Crippen LogP contribution in [0, 0.1) is 11.8 Å². The van der Waals surface area contributed by atoms with Gasteiger partial charge in [-0.25, -0.2) is 0 Å². The Labute approximate surface area is 119 Å². The van der Waals surface area contributed by atoms with Gasteiger partial charge in [0.2, 0.25) is 0 Å². The summed E-state index contributed by atoms with van der Waals surface area (Å²) in [4.78, 5) is 0. The molecule has 1 N–H and O–H groups in total. The van der Waals surface area contributed by atoms with Crippen LogP contribution in [0.25, 0.3) is 10.1 Å². The van der Waals surface area contributed by atoms with Crippen molar-refractivity contribution in [2.75, 3.05) is 0 Å². The number of hydrogen-bond donors (Lipinski definition) is 1. The molecule has 1 aromatic carbocycles. The Morgan fingerprint density at radius 1 is 1.21 bits per heavy atom. The van der Waals surface area contributed by atoms with E-state index in [1.807, 2.05) is 0 Å². The molecule has 0 aliphatic heterocycles. The fourth-order valence-corrected chi connectivity index (χ4v) is 4.38. The molecule has 2 heteroatoms. The van der Waals surface area contributed by atoms with Crippen LogP contribution in [0.5, 0.6) is 0 Å². The van der Waals surface area contributed by atoms with Crippen molar-refractivity contribution >= 4 is 21.4 Å². The molecule has 1 aliphatic carbocycles. The average molecular weight is 274 g/mol. The van der Waals surface area contributed by atoms with Crippen LogP contribution >= 0.6 is 11.3 Å². The molecular formula is C17H22OS. The molecule has 1 aromatic heterocycles. The molecule has 0 amide bonds. The molecule has 1 heterocycles. The largest absolute Gasteiger partial charge is 0.388 e. The minimum Gasteiger partial charge on any atom is -0.388 e. The van der Waals surface area contributed by atoms with E-state index in [1.165, 1.54) is 42.2 Å². The highest BCUT2D eigenvalue weighted by molar-refractivity contribution is 7.17. The maximum atomic E-state index is 10.7. The van der Waals surface area contributed by atoms with E-state index in [0.29, 0.717) is 5.92 Å². The van der Waals surface area contributed by atoms with Gasteiger partial charge in [-0.15, -0.1) is 11.3 Å². The van der Waals surface area contributed by atoms with Gasteiger partial charge in [-0.05, 0) is 47.1 Å². The van der Waals surface area contributed by atoms with Crippen molar-refractivity contribution in [3.8, 4) is 0 Å². The van der Waals surface area contributed by atoms with Crippen molar-refractivity contribution in [2.24, 2.45) is 11.8 Å². The zero-order chi connectivity index (χ0) is 13.2. The van der Waals surface area contributed by atoms with Crippen LogP contribution < -0.4 is 0 Å². The molecular weight excluding hydrogens is 252 g/mol. The van der Waals surface area contributed by atoms with Gasteiger partial charge in [0.15, 0.2) is 0 Å². The Hall–Kier alpha value is -0.860. The summed E-state index contributed by atoms with van der Waals surface area (Å²) in [6.07, 6.45) is 5.98. The number of fused-ring (bicyclic) bond motifs is 1. The third-order valence-electron chi connectivity index (χ3n) is 4.74. The lowest BCUT2D eigenvalue weighted by molar-refractivity contribution is 0.0743. The first-order valence-corrected chi connectivity index (χ1v) is 8.31. The summed E-state index contributed by atoms with van der Waals surface area (Å²) in [5, 5.41) is 14.1.